The number of carbonyl (C=O) groups excluding carboxylic acids is 1. The van der Waals surface area contributed by atoms with Crippen LogP contribution in [-0.2, 0) is 14.8 Å². The van der Waals surface area contributed by atoms with Crippen LogP contribution in [0.1, 0.15) is 13.8 Å². The molecular formula is C12H18FN3O3S. The fraction of sp³-hybridized carbons (Fsp3) is 0.417. The molecule has 1 atom stereocenters. The smallest absolute Gasteiger partial charge is 0.243 e. The van der Waals surface area contributed by atoms with Crippen LogP contribution in [0, 0.1) is 5.82 Å². The van der Waals surface area contributed by atoms with Crippen molar-refractivity contribution in [2.24, 2.45) is 0 Å². The molecule has 1 unspecified atom stereocenters. The van der Waals surface area contributed by atoms with Crippen LogP contribution in [0.5, 0.6) is 0 Å². The number of nitrogens with one attached hydrogen (secondary N) is 1. The number of amides is 1. The number of rotatable bonds is 5. The second-order valence-electron chi connectivity index (χ2n) is 4.38. The average Bonchev–Trinajstić information content (AvgIpc) is 2.39. The highest BCUT2D eigenvalue weighted by atomic mass is 32.2. The predicted molar refractivity (Wildman–Crippen MR) is 73.9 cm³/mol. The molecule has 1 aromatic rings. The van der Waals surface area contributed by atoms with E-state index in [1.165, 1.54) is 11.8 Å². The van der Waals surface area contributed by atoms with Gasteiger partial charge in [-0.3, -0.25) is 4.79 Å². The molecule has 1 aromatic carbocycles. The van der Waals surface area contributed by atoms with Crippen molar-refractivity contribution in [3.05, 3.63) is 24.0 Å². The van der Waals surface area contributed by atoms with E-state index in [2.05, 4.69) is 4.72 Å². The summed E-state index contributed by atoms with van der Waals surface area (Å²) in [6.07, 6.45) is 0. The molecule has 0 saturated carbocycles. The van der Waals surface area contributed by atoms with Crippen LogP contribution in [0.25, 0.3) is 0 Å². The molecule has 6 nitrogen and oxygen atoms in total. The molecule has 0 saturated heterocycles. The fourth-order valence-corrected chi connectivity index (χ4v) is 2.91. The van der Waals surface area contributed by atoms with Crippen LogP contribution in [0.3, 0.4) is 0 Å². The molecule has 112 valence electrons. The molecule has 8 heteroatoms. The standard InChI is InChI=1S/C12H18FN3O3S/c1-4-16(3)12(17)8(2)15-20(18,19)11-7-9(13)5-6-10(11)14/h5-8,15H,4,14H2,1-3H3. The molecule has 0 aliphatic carbocycles. The maximum Gasteiger partial charge on any atom is 0.243 e. The highest BCUT2D eigenvalue weighted by Crippen LogP contribution is 2.19. The molecule has 0 aromatic heterocycles. The summed E-state index contributed by atoms with van der Waals surface area (Å²) in [6, 6.07) is 2.08. The molecule has 3 N–H and O–H groups in total. The molecule has 0 heterocycles. The molecule has 0 radical (unpaired) electrons. The molecule has 0 aliphatic rings. The Balaban J connectivity index is 3.01. The zero-order chi connectivity index (χ0) is 15.5. The first-order valence-corrected chi connectivity index (χ1v) is 7.49. The van der Waals surface area contributed by atoms with E-state index >= 15 is 0 Å². The number of sulfonamides is 1. The normalized spacial score (nSPS) is 13.0. The Kier molecular flexibility index (Phi) is 5.07. The number of carbonyl (C=O) groups is 1. The maximum absolute atomic E-state index is 13.1. The molecule has 1 amide bonds. The number of hydrogen-bond donors (Lipinski definition) is 2. The molecule has 0 bridgehead atoms. The van der Waals surface area contributed by atoms with Gasteiger partial charge in [0, 0.05) is 13.6 Å². The Bertz CT molecular complexity index is 604. The summed E-state index contributed by atoms with van der Waals surface area (Å²) in [6.45, 7) is 3.64. The summed E-state index contributed by atoms with van der Waals surface area (Å²) in [5, 5.41) is 0. The van der Waals surface area contributed by atoms with E-state index in [0.717, 1.165) is 18.2 Å². The number of halogens is 1. The van der Waals surface area contributed by atoms with E-state index in [9.17, 15) is 17.6 Å². The quantitative estimate of drug-likeness (QED) is 0.777. The van der Waals surface area contributed by atoms with Gasteiger partial charge in [0.25, 0.3) is 0 Å². The third kappa shape index (κ3) is 3.67. The van der Waals surface area contributed by atoms with Crippen molar-refractivity contribution in [3.63, 3.8) is 0 Å². The number of nitrogen functional groups attached to an aromatic ring is 1. The van der Waals surface area contributed by atoms with E-state index in [0.29, 0.717) is 6.54 Å². The highest BCUT2D eigenvalue weighted by Gasteiger charge is 2.25. The van der Waals surface area contributed by atoms with Gasteiger partial charge in [0.15, 0.2) is 0 Å². The molecule has 1 rings (SSSR count). The molecule has 0 fully saturated rings. The minimum Gasteiger partial charge on any atom is -0.398 e. The fourth-order valence-electron chi connectivity index (χ4n) is 1.57. The maximum atomic E-state index is 13.1. The van der Waals surface area contributed by atoms with Gasteiger partial charge in [-0.15, -0.1) is 0 Å². The lowest BCUT2D eigenvalue weighted by molar-refractivity contribution is -0.131. The Morgan fingerprint density at radius 2 is 2.10 bits per heavy atom. The lowest BCUT2D eigenvalue weighted by Gasteiger charge is -2.20. The summed E-state index contributed by atoms with van der Waals surface area (Å²) in [4.78, 5) is 12.8. The third-order valence-corrected chi connectivity index (χ3v) is 4.41. The summed E-state index contributed by atoms with van der Waals surface area (Å²) < 4.78 is 39.5. The van der Waals surface area contributed by atoms with Crippen LogP contribution in [0.4, 0.5) is 10.1 Å². The van der Waals surface area contributed by atoms with Gasteiger partial charge in [0.1, 0.15) is 10.7 Å². The third-order valence-electron chi connectivity index (χ3n) is 2.82. The summed E-state index contributed by atoms with van der Waals surface area (Å²) in [5.41, 5.74) is 5.45. The number of anilines is 1. The average molecular weight is 303 g/mol. The van der Waals surface area contributed by atoms with Gasteiger partial charge in [-0.25, -0.2) is 12.8 Å². The van der Waals surface area contributed by atoms with E-state index in [1.807, 2.05) is 0 Å². The number of hydrogen-bond acceptors (Lipinski definition) is 4. The SMILES string of the molecule is CCN(C)C(=O)C(C)NS(=O)(=O)c1cc(F)ccc1N. The number of likely N-dealkylation sites (N-methyl/N-ethyl adjacent to an activating group) is 1. The zero-order valence-corrected chi connectivity index (χ0v) is 12.4. The summed E-state index contributed by atoms with van der Waals surface area (Å²) in [7, 11) is -2.50. The van der Waals surface area contributed by atoms with Crippen molar-refractivity contribution in [1.82, 2.24) is 9.62 Å². The molecule has 20 heavy (non-hydrogen) atoms. The predicted octanol–water partition coefficient (Wildman–Crippen LogP) is 0.553. The Morgan fingerprint density at radius 3 is 2.65 bits per heavy atom. The van der Waals surface area contributed by atoms with Crippen LogP contribution in [0.2, 0.25) is 0 Å². The topological polar surface area (TPSA) is 92.5 Å². The minimum absolute atomic E-state index is 0.0811. The summed E-state index contributed by atoms with van der Waals surface area (Å²) in [5.74, 6) is -1.10. The Morgan fingerprint density at radius 1 is 1.50 bits per heavy atom. The molecule has 0 aliphatic heterocycles. The second kappa shape index (κ2) is 6.19. The lowest BCUT2D eigenvalue weighted by Crippen LogP contribution is -2.45. The van der Waals surface area contributed by atoms with Crippen molar-refractivity contribution < 1.29 is 17.6 Å². The Hall–Kier alpha value is -1.67. The van der Waals surface area contributed by atoms with E-state index in [-0.39, 0.29) is 16.5 Å². The first-order valence-electron chi connectivity index (χ1n) is 6.01. The van der Waals surface area contributed by atoms with E-state index in [4.69, 9.17) is 5.73 Å². The van der Waals surface area contributed by atoms with Gasteiger partial charge in [-0.05, 0) is 32.0 Å². The molecule has 0 spiro atoms. The van der Waals surface area contributed by atoms with Crippen LogP contribution in [0.15, 0.2) is 23.1 Å². The van der Waals surface area contributed by atoms with Gasteiger partial charge < -0.3 is 10.6 Å². The van der Waals surface area contributed by atoms with Gasteiger partial charge in [0.2, 0.25) is 15.9 Å². The summed E-state index contributed by atoms with van der Waals surface area (Å²) >= 11 is 0. The van der Waals surface area contributed by atoms with Gasteiger partial charge in [-0.2, -0.15) is 4.72 Å². The van der Waals surface area contributed by atoms with Crippen molar-refractivity contribution in [2.45, 2.75) is 24.8 Å². The highest BCUT2D eigenvalue weighted by molar-refractivity contribution is 7.89. The van der Waals surface area contributed by atoms with Crippen molar-refractivity contribution in [3.8, 4) is 0 Å². The number of nitrogens with two attached hydrogens (primary N) is 1. The zero-order valence-electron chi connectivity index (χ0n) is 11.6. The lowest BCUT2D eigenvalue weighted by atomic mass is 10.3. The first kappa shape index (κ1) is 16.4. The van der Waals surface area contributed by atoms with Crippen LogP contribution >= 0.6 is 0 Å². The number of benzene rings is 1. The van der Waals surface area contributed by atoms with Crippen LogP contribution < -0.4 is 10.5 Å². The van der Waals surface area contributed by atoms with Crippen molar-refractivity contribution >= 4 is 21.6 Å². The van der Waals surface area contributed by atoms with Gasteiger partial charge in [0.05, 0.1) is 11.7 Å². The molecular weight excluding hydrogens is 285 g/mol. The van der Waals surface area contributed by atoms with Gasteiger partial charge >= 0.3 is 0 Å². The van der Waals surface area contributed by atoms with E-state index < -0.39 is 21.9 Å². The number of nitrogens with zero attached hydrogens (tertiary/aromatic N) is 1. The Labute approximate surface area is 117 Å². The second-order valence-corrected chi connectivity index (χ2v) is 6.06. The van der Waals surface area contributed by atoms with Crippen LogP contribution in [-0.4, -0.2) is 38.9 Å². The monoisotopic (exact) mass is 303 g/mol. The minimum atomic E-state index is -4.06. The first-order chi connectivity index (χ1) is 9.19. The van der Waals surface area contributed by atoms with E-state index in [1.54, 1.807) is 14.0 Å². The van der Waals surface area contributed by atoms with Crippen molar-refractivity contribution in [1.29, 1.82) is 0 Å². The van der Waals surface area contributed by atoms with Crippen molar-refractivity contribution in [2.75, 3.05) is 19.3 Å². The van der Waals surface area contributed by atoms with Gasteiger partial charge in [-0.1, -0.05) is 0 Å². The largest absolute Gasteiger partial charge is 0.398 e.